The first-order valence-corrected chi connectivity index (χ1v) is 6.11. The molecule has 0 fully saturated rings. The molecular formula is C13H8N4S. The summed E-state index contributed by atoms with van der Waals surface area (Å²) in [4.78, 5) is 9.51. The number of hydrogen-bond donors (Lipinski definition) is 1. The molecule has 4 nitrogen and oxygen atoms in total. The minimum atomic E-state index is 0.523. The molecule has 2 aromatic heterocycles. The topological polar surface area (TPSA) is 75.6 Å². The quantitative estimate of drug-likeness (QED) is 0.722. The number of nitrogen functional groups attached to an aromatic ring is 1. The molecule has 3 aromatic rings. The third-order valence-corrected chi connectivity index (χ3v) is 3.38. The molecule has 0 aliphatic heterocycles. The van der Waals surface area contributed by atoms with Crippen molar-refractivity contribution in [1.29, 1.82) is 5.26 Å². The molecular weight excluding hydrogens is 244 g/mol. The second kappa shape index (κ2) is 4.09. The Labute approximate surface area is 107 Å². The van der Waals surface area contributed by atoms with Gasteiger partial charge in [-0.2, -0.15) is 5.26 Å². The van der Waals surface area contributed by atoms with E-state index in [4.69, 9.17) is 11.0 Å². The van der Waals surface area contributed by atoms with Gasteiger partial charge in [0.05, 0.1) is 17.3 Å². The van der Waals surface area contributed by atoms with Crippen molar-refractivity contribution in [1.82, 2.24) is 9.97 Å². The van der Waals surface area contributed by atoms with Crippen LogP contribution in [0.15, 0.2) is 36.4 Å². The molecule has 18 heavy (non-hydrogen) atoms. The van der Waals surface area contributed by atoms with Gasteiger partial charge in [0.15, 0.2) is 5.13 Å². The zero-order valence-electron chi connectivity index (χ0n) is 9.29. The van der Waals surface area contributed by atoms with Gasteiger partial charge in [0.1, 0.15) is 10.3 Å². The average molecular weight is 252 g/mol. The minimum absolute atomic E-state index is 0.523. The van der Waals surface area contributed by atoms with Crippen molar-refractivity contribution in [2.45, 2.75) is 0 Å². The van der Waals surface area contributed by atoms with Gasteiger partial charge in [0.2, 0.25) is 0 Å². The Morgan fingerprint density at radius 2 is 1.83 bits per heavy atom. The number of rotatable bonds is 1. The van der Waals surface area contributed by atoms with E-state index in [-0.39, 0.29) is 0 Å². The predicted octanol–water partition coefficient (Wildman–Crippen LogP) is 2.81. The van der Waals surface area contributed by atoms with E-state index < -0.39 is 0 Å². The van der Waals surface area contributed by atoms with Crippen LogP contribution in [-0.2, 0) is 0 Å². The number of benzene rings is 1. The summed E-state index contributed by atoms with van der Waals surface area (Å²) >= 11 is 1.37. The van der Waals surface area contributed by atoms with Crippen molar-refractivity contribution in [3.05, 3.63) is 42.0 Å². The van der Waals surface area contributed by atoms with E-state index in [1.807, 2.05) is 24.3 Å². The highest BCUT2D eigenvalue weighted by atomic mass is 32.1. The summed E-state index contributed by atoms with van der Waals surface area (Å²) in [5, 5.41) is 9.28. The Bertz CT molecular complexity index is 753. The van der Waals surface area contributed by atoms with Gasteiger partial charge in [0, 0.05) is 5.56 Å². The lowest BCUT2D eigenvalue weighted by Crippen LogP contribution is -1.84. The first-order valence-electron chi connectivity index (χ1n) is 5.30. The monoisotopic (exact) mass is 252 g/mol. The molecule has 0 radical (unpaired) electrons. The Balaban J connectivity index is 2.10. The summed E-state index contributed by atoms with van der Waals surface area (Å²) in [6, 6.07) is 13.2. The standard InChI is InChI=1S/C13H8N4S/c14-7-8-1-3-9(4-2-8)10-5-6-11-12(16-10)18-13(15)17-11/h1-6H,(H2,15,17). The molecule has 0 bridgehead atoms. The summed E-state index contributed by atoms with van der Waals surface area (Å²) in [5.74, 6) is 0. The van der Waals surface area contributed by atoms with Crippen molar-refractivity contribution in [3.63, 3.8) is 0 Å². The van der Waals surface area contributed by atoms with E-state index in [0.717, 1.165) is 21.6 Å². The molecule has 0 aliphatic rings. The maximum atomic E-state index is 8.76. The molecule has 0 atom stereocenters. The SMILES string of the molecule is N#Cc1ccc(-c2ccc3nc(N)sc3n2)cc1. The first kappa shape index (κ1) is 10.7. The maximum absolute atomic E-state index is 8.76. The van der Waals surface area contributed by atoms with Crippen LogP contribution in [0.3, 0.4) is 0 Å². The van der Waals surface area contributed by atoms with Gasteiger partial charge in [-0.3, -0.25) is 0 Å². The summed E-state index contributed by atoms with van der Waals surface area (Å²) in [6.07, 6.45) is 0. The first-order chi connectivity index (χ1) is 8.76. The summed E-state index contributed by atoms with van der Waals surface area (Å²) in [7, 11) is 0. The third-order valence-electron chi connectivity index (χ3n) is 2.58. The van der Waals surface area contributed by atoms with Crippen LogP contribution in [0.1, 0.15) is 5.56 Å². The molecule has 5 heteroatoms. The van der Waals surface area contributed by atoms with Crippen molar-refractivity contribution < 1.29 is 0 Å². The zero-order chi connectivity index (χ0) is 12.5. The van der Waals surface area contributed by atoms with Gasteiger partial charge >= 0.3 is 0 Å². The van der Waals surface area contributed by atoms with Crippen molar-refractivity contribution in [3.8, 4) is 17.3 Å². The fourth-order valence-electron chi connectivity index (χ4n) is 1.71. The summed E-state index contributed by atoms with van der Waals surface area (Å²) in [6.45, 7) is 0. The van der Waals surface area contributed by atoms with Crippen molar-refractivity contribution in [2.75, 3.05) is 5.73 Å². The number of thiazole rings is 1. The maximum Gasteiger partial charge on any atom is 0.182 e. The van der Waals surface area contributed by atoms with Crippen LogP contribution in [0.25, 0.3) is 21.6 Å². The Morgan fingerprint density at radius 3 is 2.56 bits per heavy atom. The molecule has 0 aliphatic carbocycles. The lowest BCUT2D eigenvalue weighted by Gasteiger charge is -2.00. The minimum Gasteiger partial charge on any atom is -0.375 e. The van der Waals surface area contributed by atoms with Crippen LogP contribution in [0.2, 0.25) is 0 Å². The van der Waals surface area contributed by atoms with Gasteiger partial charge in [-0.25, -0.2) is 9.97 Å². The van der Waals surface area contributed by atoms with Crippen LogP contribution < -0.4 is 5.73 Å². The summed E-state index contributed by atoms with van der Waals surface area (Å²) in [5.41, 5.74) is 8.94. The van der Waals surface area contributed by atoms with Gasteiger partial charge < -0.3 is 5.73 Å². The number of nitrogens with two attached hydrogens (primary N) is 1. The molecule has 0 saturated carbocycles. The van der Waals surface area contributed by atoms with E-state index >= 15 is 0 Å². The van der Waals surface area contributed by atoms with E-state index in [9.17, 15) is 0 Å². The zero-order valence-corrected chi connectivity index (χ0v) is 10.1. The van der Waals surface area contributed by atoms with Crippen LogP contribution in [-0.4, -0.2) is 9.97 Å². The van der Waals surface area contributed by atoms with Gasteiger partial charge in [0.25, 0.3) is 0 Å². The second-order valence-corrected chi connectivity index (χ2v) is 4.77. The molecule has 3 rings (SSSR count). The molecule has 0 spiro atoms. The van der Waals surface area contributed by atoms with Gasteiger partial charge in [-0.15, -0.1) is 0 Å². The largest absolute Gasteiger partial charge is 0.375 e. The Hall–Kier alpha value is -2.45. The van der Waals surface area contributed by atoms with E-state index in [0.29, 0.717) is 10.7 Å². The lowest BCUT2D eigenvalue weighted by atomic mass is 10.1. The number of fused-ring (bicyclic) bond motifs is 1. The van der Waals surface area contributed by atoms with Crippen LogP contribution in [0.4, 0.5) is 5.13 Å². The molecule has 2 heterocycles. The van der Waals surface area contributed by atoms with Crippen LogP contribution in [0, 0.1) is 11.3 Å². The second-order valence-electron chi connectivity index (χ2n) is 3.76. The smallest absolute Gasteiger partial charge is 0.182 e. The number of pyridine rings is 1. The fourth-order valence-corrected chi connectivity index (χ4v) is 2.41. The highest BCUT2D eigenvalue weighted by molar-refractivity contribution is 7.21. The normalized spacial score (nSPS) is 10.4. The molecule has 0 saturated heterocycles. The van der Waals surface area contributed by atoms with E-state index in [2.05, 4.69) is 16.0 Å². The summed E-state index contributed by atoms with van der Waals surface area (Å²) < 4.78 is 0. The number of anilines is 1. The van der Waals surface area contributed by atoms with Crippen molar-refractivity contribution in [2.24, 2.45) is 0 Å². The number of nitriles is 1. The molecule has 1 aromatic carbocycles. The number of hydrogen-bond acceptors (Lipinski definition) is 5. The van der Waals surface area contributed by atoms with E-state index in [1.54, 1.807) is 12.1 Å². The predicted molar refractivity (Wildman–Crippen MR) is 72.0 cm³/mol. The highest BCUT2D eigenvalue weighted by Crippen LogP contribution is 2.25. The molecule has 0 amide bonds. The fraction of sp³-hybridized carbons (Fsp3) is 0. The van der Waals surface area contributed by atoms with Gasteiger partial charge in [-0.05, 0) is 24.3 Å². The lowest BCUT2D eigenvalue weighted by molar-refractivity contribution is 1.39. The van der Waals surface area contributed by atoms with Crippen LogP contribution >= 0.6 is 11.3 Å². The van der Waals surface area contributed by atoms with Crippen molar-refractivity contribution >= 4 is 26.8 Å². The van der Waals surface area contributed by atoms with E-state index in [1.165, 1.54) is 11.3 Å². The molecule has 86 valence electrons. The number of aromatic nitrogens is 2. The Morgan fingerprint density at radius 1 is 1.06 bits per heavy atom. The number of nitrogens with zero attached hydrogens (tertiary/aromatic N) is 3. The average Bonchev–Trinajstić information content (AvgIpc) is 2.78. The van der Waals surface area contributed by atoms with Gasteiger partial charge in [-0.1, -0.05) is 23.5 Å². The van der Waals surface area contributed by atoms with Crippen LogP contribution in [0.5, 0.6) is 0 Å². The highest BCUT2D eigenvalue weighted by Gasteiger charge is 2.05. The Kier molecular flexibility index (Phi) is 2.43. The third kappa shape index (κ3) is 1.79. The molecule has 2 N–H and O–H groups in total. The molecule has 0 unspecified atom stereocenters.